The third-order valence-electron chi connectivity index (χ3n) is 9.84. The van der Waals surface area contributed by atoms with Gasteiger partial charge in [-0.15, -0.1) is 16.4 Å². The molecule has 6 aromatic carbocycles. The summed E-state index contributed by atoms with van der Waals surface area (Å²) in [5.74, 6) is 2.90. The molecule has 2 aromatic heterocycles. The van der Waals surface area contributed by atoms with E-state index in [1.54, 1.807) is 0 Å². The standard InChI is InChI=1S/C46H32O4P2/c1-5-13-29(14-6-1)39-25-35(45(51-39)31-17-9-3-10-18-31)33-21-23-37-43(49-27-47-37)41(33)42-34(22-24-38-44(42)50-28-48-38)36-26-40(30-15-7-2-8-16-30)52-46(36)32-19-11-4-12-20-32/h1-26,51-52H,27-28H2. The van der Waals surface area contributed by atoms with Crippen LogP contribution in [0.4, 0.5) is 0 Å². The fourth-order valence-electron chi connectivity index (χ4n) is 7.44. The molecule has 0 bridgehead atoms. The molecule has 0 saturated carbocycles. The first-order chi connectivity index (χ1) is 25.8. The van der Waals surface area contributed by atoms with Crippen molar-refractivity contribution in [3.63, 3.8) is 0 Å². The zero-order valence-electron chi connectivity index (χ0n) is 28.1. The molecule has 0 spiro atoms. The molecular weight excluding hydrogens is 678 g/mol. The Balaban J connectivity index is 1.28. The van der Waals surface area contributed by atoms with Crippen LogP contribution in [0.25, 0.3) is 76.8 Å². The molecule has 2 unspecified atom stereocenters. The molecule has 0 fully saturated rings. The van der Waals surface area contributed by atoms with Gasteiger partial charge in [-0.2, -0.15) is 0 Å². The van der Waals surface area contributed by atoms with Crippen LogP contribution in [0, 0.1) is 0 Å². The highest BCUT2D eigenvalue weighted by Crippen LogP contribution is 2.59. The van der Waals surface area contributed by atoms with Crippen LogP contribution in [0.3, 0.4) is 0 Å². The van der Waals surface area contributed by atoms with Crippen LogP contribution in [0.5, 0.6) is 23.0 Å². The van der Waals surface area contributed by atoms with E-state index in [-0.39, 0.29) is 13.6 Å². The molecule has 4 nitrogen and oxygen atoms in total. The van der Waals surface area contributed by atoms with Crippen LogP contribution in [0.2, 0.25) is 0 Å². The van der Waals surface area contributed by atoms with Crippen molar-refractivity contribution in [2.75, 3.05) is 13.6 Å². The van der Waals surface area contributed by atoms with Crippen molar-refractivity contribution < 1.29 is 18.9 Å². The minimum absolute atomic E-state index is 0.155. The Morgan fingerprint density at radius 2 is 0.712 bits per heavy atom. The number of rotatable bonds is 7. The monoisotopic (exact) mass is 710 g/mol. The molecule has 0 saturated heterocycles. The van der Waals surface area contributed by atoms with Crippen LogP contribution >= 0.6 is 16.4 Å². The first-order valence-electron chi connectivity index (χ1n) is 17.3. The van der Waals surface area contributed by atoms with Crippen molar-refractivity contribution in [1.29, 1.82) is 0 Å². The number of hydrogen-bond acceptors (Lipinski definition) is 4. The van der Waals surface area contributed by atoms with Gasteiger partial charge >= 0.3 is 0 Å². The van der Waals surface area contributed by atoms with Crippen LogP contribution in [0.15, 0.2) is 158 Å². The van der Waals surface area contributed by atoms with Crippen molar-refractivity contribution >= 4 is 16.4 Å². The van der Waals surface area contributed by atoms with Gasteiger partial charge in [-0.25, -0.2) is 0 Å². The molecular formula is C46H32O4P2. The molecule has 52 heavy (non-hydrogen) atoms. The molecule has 250 valence electrons. The minimum Gasteiger partial charge on any atom is -0.454 e. The maximum Gasteiger partial charge on any atom is 0.231 e. The average molecular weight is 711 g/mol. The number of ether oxygens (including phenoxy) is 4. The second-order valence-electron chi connectivity index (χ2n) is 12.9. The fraction of sp³-hybridized carbons (Fsp3) is 0.0435. The quantitative estimate of drug-likeness (QED) is 0.165. The minimum atomic E-state index is 0.155. The summed E-state index contributed by atoms with van der Waals surface area (Å²) in [6, 6.07) is 56.1. The van der Waals surface area contributed by atoms with Gasteiger partial charge in [0.1, 0.15) is 0 Å². The second-order valence-corrected chi connectivity index (χ2v) is 15.4. The van der Waals surface area contributed by atoms with E-state index < -0.39 is 0 Å². The van der Waals surface area contributed by atoms with Crippen molar-refractivity contribution in [2.45, 2.75) is 0 Å². The van der Waals surface area contributed by atoms with Gasteiger partial charge in [0.05, 0.1) is 0 Å². The summed E-state index contributed by atoms with van der Waals surface area (Å²) in [5.41, 5.74) is 11.3. The Labute approximate surface area is 305 Å². The summed E-state index contributed by atoms with van der Waals surface area (Å²) in [5, 5.41) is 5.20. The van der Waals surface area contributed by atoms with E-state index in [1.165, 1.54) is 54.6 Å². The Hall–Kier alpha value is -5.92. The first kappa shape index (κ1) is 30.9. The summed E-state index contributed by atoms with van der Waals surface area (Å²) in [6.45, 7) is 0.310. The summed E-state index contributed by atoms with van der Waals surface area (Å²) < 4.78 is 25.0. The van der Waals surface area contributed by atoms with Crippen LogP contribution < -0.4 is 18.9 Å². The Kier molecular flexibility index (Phi) is 7.72. The van der Waals surface area contributed by atoms with Gasteiger partial charge in [-0.05, 0) is 91.5 Å². The lowest BCUT2D eigenvalue weighted by Gasteiger charge is -2.19. The van der Waals surface area contributed by atoms with E-state index in [2.05, 4.69) is 146 Å². The predicted octanol–water partition coefficient (Wildman–Crippen LogP) is 12.9. The molecule has 4 heterocycles. The highest BCUT2D eigenvalue weighted by molar-refractivity contribution is 7.38. The molecule has 2 aliphatic heterocycles. The highest BCUT2D eigenvalue weighted by Gasteiger charge is 2.33. The molecule has 6 heteroatoms. The van der Waals surface area contributed by atoms with E-state index in [9.17, 15) is 0 Å². The molecule has 2 aliphatic rings. The lowest BCUT2D eigenvalue weighted by Crippen LogP contribution is -1.97. The van der Waals surface area contributed by atoms with Crippen molar-refractivity contribution in [2.24, 2.45) is 0 Å². The third-order valence-corrected chi connectivity index (χ3v) is 12.9. The van der Waals surface area contributed by atoms with Gasteiger partial charge in [-0.1, -0.05) is 121 Å². The number of benzene rings is 6. The molecule has 10 rings (SSSR count). The summed E-state index contributed by atoms with van der Waals surface area (Å²) in [4.78, 5) is 0. The first-order valence-corrected chi connectivity index (χ1v) is 19.3. The topological polar surface area (TPSA) is 36.9 Å². The highest BCUT2D eigenvalue weighted by atomic mass is 31.0. The maximum absolute atomic E-state index is 6.43. The summed E-state index contributed by atoms with van der Waals surface area (Å²) in [7, 11) is 0.958. The molecule has 0 amide bonds. The van der Waals surface area contributed by atoms with E-state index >= 15 is 0 Å². The molecule has 0 aliphatic carbocycles. The summed E-state index contributed by atoms with van der Waals surface area (Å²) in [6.07, 6.45) is 0. The van der Waals surface area contributed by atoms with E-state index in [0.29, 0.717) is 16.4 Å². The number of fused-ring (bicyclic) bond motifs is 2. The lowest BCUT2D eigenvalue weighted by atomic mass is 9.86. The second kappa shape index (κ2) is 13.0. The van der Waals surface area contributed by atoms with E-state index in [0.717, 1.165) is 45.3 Å². The average Bonchev–Trinajstić information content (AvgIpc) is 4.05. The van der Waals surface area contributed by atoms with Crippen molar-refractivity contribution in [3.8, 4) is 99.8 Å². The number of hydrogen-bond donors (Lipinski definition) is 0. The predicted molar refractivity (Wildman–Crippen MR) is 216 cm³/mol. The Morgan fingerprint density at radius 3 is 1.10 bits per heavy atom. The van der Waals surface area contributed by atoms with Crippen molar-refractivity contribution in [1.82, 2.24) is 0 Å². The van der Waals surface area contributed by atoms with Crippen LogP contribution in [0.1, 0.15) is 0 Å². The van der Waals surface area contributed by atoms with Gasteiger partial charge in [0.2, 0.25) is 13.6 Å². The van der Waals surface area contributed by atoms with Gasteiger partial charge < -0.3 is 18.9 Å². The largest absolute Gasteiger partial charge is 0.454 e. The van der Waals surface area contributed by atoms with Gasteiger partial charge in [-0.3, -0.25) is 0 Å². The van der Waals surface area contributed by atoms with Crippen LogP contribution in [-0.2, 0) is 0 Å². The van der Waals surface area contributed by atoms with E-state index in [1.807, 2.05) is 12.1 Å². The van der Waals surface area contributed by atoms with Crippen molar-refractivity contribution in [3.05, 3.63) is 158 Å². The fourth-order valence-corrected chi connectivity index (χ4v) is 10.3. The normalized spacial score (nSPS) is 13.0. The molecule has 8 aromatic rings. The smallest absolute Gasteiger partial charge is 0.231 e. The SMILES string of the molecule is c1ccc(-c2cc(-c3ccc4c(c3-c3c(-c5cc(-c6ccccc6)[pH]c5-c5ccccc5)ccc5c3OCO5)OCO4)c(-c3ccccc3)[pH]2)cc1. The van der Waals surface area contributed by atoms with E-state index in [4.69, 9.17) is 18.9 Å². The van der Waals surface area contributed by atoms with Gasteiger partial charge in [0, 0.05) is 21.7 Å². The lowest BCUT2D eigenvalue weighted by molar-refractivity contribution is 0.173. The van der Waals surface area contributed by atoms with Gasteiger partial charge in [0.25, 0.3) is 0 Å². The molecule has 2 atom stereocenters. The maximum atomic E-state index is 6.43. The zero-order valence-corrected chi connectivity index (χ0v) is 30.1. The Bertz CT molecular complexity index is 2380. The molecule has 0 N–H and O–H groups in total. The van der Waals surface area contributed by atoms with Gasteiger partial charge in [0.15, 0.2) is 23.0 Å². The Morgan fingerprint density at radius 1 is 0.346 bits per heavy atom. The summed E-state index contributed by atoms with van der Waals surface area (Å²) >= 11 is 0. The molecule has 0 radical (unpaired) electrons. The third kappa shape index (κ3) is 5.31. The zero-order chi connectivity index (χ0) is 34.4. The van der Waals surface area contributed by atoms with Crippen LogP contribution in [-0.4, -0.2) is 13.6 Å².